The summed E-state index contributed by atoms with van der Waals surface area (Å²) in [6.45, 7) is -1.29. The highest BCUT2D eigenvalue weighted by Crippen LogP contribution is 2.47. The Kier molecular flexibility index (Phi) is 6.42. The van der Waals surface area contributed by atoms with E-state index < -0.39 is 54.0 Å². The zero-order chi connectivity index (χ0) is 33.5. The van der Waals surface area contributed by atoms with Gasteiger partial charge < -0.3 is 19.1 Å². The van der Waals surface area contributed by atoms with E-state index in [2.05, 4.69) is 20.9 Å². The van der Waals surface area contributed by atoms with Gasteiger partial charge in [0.05, 0.1) is 40.2 Å². The third kappa shape index (κ3) is 4.47. The highest BCUT2D eigenvalue weighted by atomic mass is 19.1. The minimum Gasteiger partial charge on any atom is -0.480 e. The molecule has 5 heterocycles. The van der Waals surface area contributed by atoms with E-state index in [0.29, 0.717) is 24.8 Å². The summed E-state index contributed by atoms with van der Waals surface area (Å²) in [5, 5.41) is 0.813. The molecule has 2 aromatic heterocycles. The van der Waals surface area contributed by atoms with E-state index in [0.717, 1.165) is 0 Å². The summed E-state index contributed by atoms with van der Waals surface area (Å²) in [5.74, 6) is 0.216. The lowest BCUT2D eigenvalue weighted by Gasteiger charge is -2.31. The van der Waals surface area contributed by atoms with Crippen LogP contribution in [0.2, 0.25) is 0 Å². The van der Waals surface area contributed by atoms with Gasteiger partial charge in [0.25, 0.3) is 0 Å². The summed E-state index contributed by atoms with van der Waals surface area (Å²) >= 11 is 0. The molecule has 0 unspecified atom stereocenters. The predicted molar refractivity (Wildman–Crippen MR) is 164 cm³/mol. The first-order valence-corrected chi connectivity index (χ1v) is 15.3. The van der Waals surface area contributed by atoms with Crippen molar-refractivity contribution in [3.8, 4) is 35.5 Å². The van der Waals surface area contributed by atoms with Crippen molar-refractivity contribution < 1.29 is 34.5 Å². The Labute approximate surface area is 265 Å². The fraction of sp³-hybridized carbons (Fsp3) is 0.441. The molecule has 12 heteroatoms. The van der Waals surface area contributed by atoms with Crippen molar-refractivity contribution in [3.63, 3.8) is 0 Å². The standard InChI is InChI=1S/C34H31F4N5O3/c1-3-20-23(36)9-8-18-6-4-7-21(24(18)20)28-27(38)29-25(32(39-28)44-2)31(43-12-13-45-16-22-26(37)30(22)43)41-33(40-29)46-17-34-10-5-11-42(34)15-19(35)14-34/h1,4,6-9,19,22,26,30H,5,10-17H2,2H3/t19-,22+,26+,30+,34+/m1/s1/i17D2. The van der Waals surface area contributed by atoms with Gasteiger partial charge in [-0.05, 0) is 30.8 Å². The first-order valence-electron chi connectivity index (χ1n) is 16.3. The molecule has 2 aromatic carbocycles. The molecule has 46 heavy (non-hydrogen) atoms. The smallest absolute Gasteiger partial charge is 0.319 e. The number of alkyl halides is 2. The third-order valence-electron chi connectivity index (χ3n) is 9.69. The number of fused-ring (bicyclic) bond motifs is 4. The number of methoxy groups -OCH3 is 1. The van der Waals surface area contributed by atoms with Crippen LogP contribution in [0.1, 0.15) is 27.6 Å². The van der Waals surface area contributed by atoms with Crippen molar-refractivity contribution in [2.75, 3.05) is 51.4 Å². The number of nitrogens with zero attached hydrogens (tertiary/aromatic N) is 5. The minimum absolute atomic E-state index is 0.0142. The van der Waals surface area contributed by atoms with Crippen LogP contribution in [0.3, 0.4) is 0 Å². The molecule has 4 fully saturated rings. The summed E-state index contributed by atoms with van der Waals surface area (Å²) in [6.07, 6.45) is 4.13. The lowest BCUT2D eigenvalue weighted by Crippen LogP contribution is -2.43. The van der Waals surface area contributed by atoms with Crippen LogP contribution in [-0.2, 0) is 4.74 Å². The van der Waals surface area contributed by atoms with Crippen molar-refractivity contribution >= 4 is 27.5 Å². The highest BCUT2D eigenvalue weighted by molar-refractivity contribution is 6.03. The van der Waals surface area contributed by atoms with E-state index in [1.807, 2.05) is 0 Å². The Balaban J connectivity index is 1.36. The Bertz CT molecular complexity index is 2010. The van der Waals surface area contributed by atoms with Crippen LogP contribution in [0, 0.1) is 29.9 Å². The first kappa shape index (κ1) is 27.0. The fourth-order valence-corrected chi connectivity index (χ4v) is 7.46. The highest BCUT2D eigenvalue weighted by Gasteiger charge is 2.57. The maximum atomic E-state index is 17.0. The van der Waals surface area contributed by atoms with E-state index in [1.54, 1.807) is 28.0 Å². The number of halogens is 4. The topological polar surface area (TPSA) is 72.8 Å². The number of benzene rings is 2. The Morgan fingerprint density at radius 2 is 2.02 bits per heavy atom. The SMILES string of the molecule is [2H]C([2H])(Oc1nc(N2CCOC[C@H]3[C@H](F)[C@H]32)c2c(OC)nc(-c3cccc4ccc(F)c(C#C)c34)c(F)c2n1)[C@@]12CCCN1C[C@H](F)C2. The average Bonchev–Trinajstić information content (AvgIpc) is 3.42. The van der Waals surface area contributed by atoms with E-state index >= 15 is 8.78 Å². The number of rotatable bonds is 6. The second kappa shape index (κ2) is 11.0. The van der Waals surface area contributed by atoms with Crippen LogP contribution < -0.4 is 14.4 Å². The second-order valence-electron chi connectivity index (χ2n) is 12.3. The van der Waals surface area contributed by atoms with E-state index in [4.69, 9.17) is 23.4 Å². The van der Waals surface area contributed by atoms with Crippen LogP contribution in [0.4, 0.5) is 23.4 Å². The van der Waals surface area contributed by atoms with E-state index in [1.165, 1.54) is 19.2 Å². The molecule has 3 saturated heterocycles. The van der Waals surface area contributed by atoms with Crippen LogP contribution >= 0.6 is 0 Å². The van der Waals surface area contributed by atoms with Crippen LogP contribution in [-0.4, -0.2) is 90.3 Å². The summed E-state index contributed by atoms with van der Waals surface area (Å²) < 4.78 is 97.0. The second-order valence-corrected chi connectivity index (χ2v) is 12.3. The van der Waals surface area contributed by atoms with Gasteiger partial charge in [0.1, 0.15) is 47.1 Å². The van der Waals surface area contributed by atoms with Crippen molar-refractivity contribution in [3.05, 3.63) is 47.5 Å². The van der Waals surface area contributed by atoms with Gasteiger partial charge in [-0.25, -0.2) is 22.5 Å². The molecule has 238 valence electrons. The molecule has 4 aliphatic rings. The number of ether oxygens (including phenoxy) is 3. The number of hydrogen-bond donors (Lipinski definition) is 0. The predicted octanol–water partition coefficient (Wildman–Crippen LogP) is 5.24. The van der Waals surface area contributed by atoms with Gasteiger partial charge >= 0.3 is 6.01 Å². The normalized spacial score (nSPS) is 28.3. The zero-order valence-corrected chi connectivity index (χ0v) is 24.9. The Morgan fingerprint density at radius 3 is 2.85 bits per heavy atom. The molecule has 1 saturated carbocycles. The molecule has 3 aliphatic heterocycles. The summed E-state index contributed by atoms with van der Waals surface area (Å²) in [6, 6.07) is 6.51. The Hall–Kier alpha value is -4.21. The van der Waals surface area contributed by atoms with Crippen molar-refractivity contribution in [2.24, 2.45) is 5.92 Å². The van der Waals surface area contributed by atoms with Gasteiger partial charge in [-0.15, -0.1) is 6.42 Å². The maximum absolute atomic E-state index is 17.0. The quantitative estimate of drug-likeness (QED) is 0.211. The molecule has 8 rings (SSSR count). The summed E-state index contributed by atoms with van der Waals surface area (Å²) in [7, 11) is 1.33. The number of hydrogen-bond acceptors (Lipinski definition) is 8. The molecular weight excluding hydrogens is 602 g/mol. The average molecular weight is 636 g/mol. The molecule has 1 aliphatic carbocycles. The molecule has 0 radical (unpaired) electrons. The largest absolute Gasteiger partial charge is 0.480 e. The third-order valence-corrected chi connectivity index (χ3v) is 9.69. The lowest BCUT2D eigenvalue weighted by molar-refractivity contribution is 0.107. The van der Waals surface area contributed by atoms with Gasteiger partial charge in [0.15, 0.2) is 5.82 Å². The minimum atomic E-state index is -2.48. The summed E-state index contributed by atoms with van der Waals surface area (Å²) in [4.78, 5) is 16.8. The number of terminal acetylenes is 1. The number of anilines is 1. The first-order chi connectivity index (χ1) is 23.1. The molecule has 0 amide bonds. The van der Waals surface area contributed by atoms with Gasteiger partial charge in [0, 0.05) is 36.4 Å². The van der Waals surface area contributed by atoms with Gasteiger partial charge in [-0.1, -0.05) is 30.2 Å². The van der Waals surface area contributed by atoms with Crippen molar-refractivity contribution in [2.45, 2.75) is 43.2 Å². The molecule has 0 N–H and O–H groups in total. The van der Waals surface area contributed by atoms with Crippen molar-refractivity contribution in [1.82, 2.24) is 19.9 Å². The number of aromatic nitrogens is 3. The Morgan fingerprint density at radius 1 is 1.15 bits per heavy atom. The monoisotopic (exact) mass is 635 g/mol. The van der Waals surface area contributed by atoms with Gasteiger partial charge in [0.2, 0.25) is 5.88 Å². The molecule has 0 spiro atoms. The molecule has 5 atom stereocenters. The maximum Gasteiger partial charge on any atom is 0.319 e. The van der Waals surface area contributed by atoms with Crippen LogP contribution in [0.5, 0.6) is 11.9 Å². The fourth-order valence-electron chi connectivity index (χ4n) is 7.46. The zero-order valence-electron chi connectivity index (χ0n) is 26.9. The van der Waals surface area contributed by atoms with Crippen LogP contribution in [0.15, 0.2) is 30.3 Å². The molecule has 0 bridgehead atoms. The lowest BCUT2D eigenvalue weighted by atomic mass is 9.95. The van der Waals surface area contributed by atoms with Gasteiger partial charge in [-0.2, -0.15) is 9.97 Å². The summed E-state index contributed by atoms with van der Waals surface area (Å²) in [5.41, 5.74) is -1.77. The molecular formula is C34H31F4N5O3. The van der Waals surface area contributed by atoms with Crippen LogP contribution in [0.25, 0.3) is 32.9 Å². The molecule has 4 aromatic rings. The van der Waals surface area contributed by atoms with E-state index in [9.17, 15) is 8.78 Å². The molecule has 8 nitrogen and oxygen atoms in total. The van der Waals surface area contributed by atoms with Crippen molar-refractivity contribution in [1.29, 1.82) is 0 Å². The van der Waals surface area contributed by atoms with E-state index in [-0.39, 0.29) is 77.5 Å². The van der Waals surface area contributed by atoms with Gasteiger partial charge in [-0.3, -0.25) is 4.90 Å². The number of pyridine rings is 1.